The molecule has 4 nitrogen and oxygen atoms in total. The number of benzene rings is 1. The SMILES string of the molecule is NCc1onc2ccc(O)cc12. The molecule has 3 N–H and O–H groups in total. The van der Waals surface area contributed by atoms with Gasteiger partial charge in [-0.25, -0.2) is 0 Å². The first-order chi connectivity index (χ1) is 5.81. The third-order valence-corrected chi connectivity index (χ3v) is 1.72. The minimum absolute atomic E-state index is 0.195. The van der Waals surface area contributed by atoms with Gasteiger partial charge >= 0.3 is 0 Å². The molecule has 0 radical (unpaired) electrons. The molecular weight excluding hydrogens is 156 g/mol. The first kappa shape index (κ1) is 7.12. The average molecular weight is 164 g/mol. The highest BCUT2D eigenvalue weighted by atomic mass is 16.5. The molecule has 0 aliphatic heterocycles. The number of nitrogens with two attached hydrogens (primary N) is 1. The second kappa shape index (κ2) is 2.49. The molecule has 0 saturated heterocycles. The van der Waals surface area contributed by atoms with Crippen molar-refractivity contribution in [2.24, 2.45) is 5.73 Å². The standard InChI is InChI=1S/C8H8N2O2/c9-4-8-6-3-5(11)1-2-7(6)10-12-8/h1-3,11H,4,9H2. The van der Waals surface area contributed by atoms with Gasteiger partial charge in [0.25, 0.3) is 0 Å². The van der Waals surface area contributed by atoms with Gasteiger partial charge in [-0.3, -0.25) is 0 Å². The fraction of sp³-hybridized carbons (Fsp3) is 0.125. The van der Waals surface area contributed by atoms with Crippen LogP contribution in [0.1, 0.15) is 5.76 Å². The molecule has 2 rings (SSSR count). The Labute approximate surface area is 68.6 Å². The highest BCUT2D eigenvalue weighted by Gasteiger charge is 2.06. The number of nitrogens with zero attached hydrogens (tertiary/aromatic N) is 1. The summed E-state index contributed by atoms with van der Waals surface area (Å²) in [5, 5.41) is 13.7. The van der Waals surface area contributed by atoms with E-state index in [1.54, 1.807) is 18.2 Å². The van der Waals surface area contributed by atoms with Crippen LogP contribution >= 0.6 is 0 Å². The number of aromatic hydroxyl groups is 1. The van der Waals surface area contributed by atoms with Gasteiger partial charge in [0, 0.05) is 5.39 Å². The second-order valence-corrected chi connectivity index (χ2v) is 2.51. The van der Waals surface area contributed by atoms with Crippen LogP contribution in [0.4, 0.5) is 0 Å². The fourth-order valence-electron chi connectivity index (χ4n) is 1.13. The van der Waals surface area contributed by atoms with E-state index in [1.165, 1.54) is 0 Å². The zero-order valence-corrected chi connectivity index (χ0v) is 6.32. The third-order valence-electron chi connectivity index (χ3n) is 1.72. The zero-order chi connectivity index (χ0) is 8.55. The van der Waals surface area contributed by atoms with Crippen LogP contribution < -0.4 is 5.73 Å². The quantitative estimate of drug-likeness (QED) is 0.659. The van der Waals surface area contributed by atoms with Crippen LogP contribution in [-0.4, -0.2) is 10.3 Å². The minimum atomic E-state index is 0.195. The van der Waals surface area contributed by atoms with Crippen molar-refractivity contribution in [3.63, 3.8) is 0 Å². The van der Waals surface area contributed by atoms with Crippen molar-refractivity contribution in [1.82, 2.24) is 5.16 Å². The molecule has 1 heterocycles. The van der Waals surface area contributed by atoms with Gasteiger partial charge in [0.1, 0.15) is 11.3 Å². The topological polar surface area (TPSA) is 72.3 Å². The van der Waals surface area contributed by atoms with Gasteiger partial charge in [-0.2, -0.15) is 0 Å². The van der Waals surface area contributed by atoms with Crippen molar-refractivity contribution in [3.05, 3.63) is 24.0 Å². The lowest BCUT2D eigenvalue weighted by atomic mass is 10.2. The number of aromatic nitrogens is 1. The van der Waals surface area contributed by atoms with Crippen LogP contribution in [0.25, 0.3) is 10.9 Å². The number of hydrogen-bond acceptors (Lipinski definition) is 4. The van der Waals surface area contributed by atoms with Crippen LogP contribution in [0.2, 0.25) is 0 Å². The molecule has 0 unspecified atom stereocenters. The van der Waals surface area contributed by atoms with Crippen molar-refractivity contribution in [1.29, 1.82) is 0 Å². The Balaban J connectivity index is 2.75. The summed E-state index contributed by atoms with van der Waals surface area (Å²) in [6.07, 6.45) is 0. The van der Waals surface area contributed by atoms with Gasteiger partial charge in [0.2, 0.25) is 0 Å². The van der Waals surface area contributed by atoms with Crippen molar-refractivity contribution < 1.29 is 9.63 Å². The lowest BCUT2D eigenvalue weighted by Crippen LogP contribution is -1.93. The Morgan fingerprint density at radius 2 is 2.33 bits per heavy atom. The Morgan fingerprint density at radius 3 is 3.08 bits per heavy atom. The van der Waals surface area contributed by atoms with Gasteiger partial charge in [-0.05, 0) is 18.2 Å². The van der Waals surface area contributed by atoms with Crippen molar-refractivity contribution in [3.8, 4) is 5.75 Å². The number of fused-ring (bicyclic) bond motifs is 1. The van der Waals surface area contributed by atoms with E-state index in [9.17, 15) is 0 Å². The minimum Gasteiger partial charge on any atom is -0.508 e. The normalized spacial score (nSPS) is 10.8. The van der Waals surface area contributed by atoms with Crippen LogP contribution in [0.3, 0.4) is 0 Å². The monoisotopic (exact) mass is 164 g/mol. The van der Waals surface area contributed by atoms with Gasteiger partial charge in [0.05, 0.1) is 6.54 Å². The molecule has 2 aromatic rings. The highest BCUT2D eigenvalue weighted by Crippen LogP contribution is 2.22. The van der Waals surface area contributed by atoms with Crippen LogP contribution in [0, 0.1) is 0 Å². The number of hydrogen-bond donors (Lipinski definition) is 2. The van der Waals surface area contributed by atoms with Crippen LogP contribution in [0.5, 0.6) is 5.75 Å². The van der Waals surface area contributed by atoms with Gasteiger partial charge in [0.15, 0.2) is 5.76 Å². The van der Waals surface area contributed by atoms with Gasteiger partial charge < -0.3 is 15.4 Å². The predicted octanol–water partition coefficient (Wildman–Crippen LogP) is 0.992. The largest absolute Gasteiger partial charge is 0.508 e. The first-order valence-electron chi connectivity index (χ1n) is 3.58. The molecule has 62 valence electrons. The molecule has 4 heteroatoms. The third kappa shape index (κ3) is 0.931. The average Bonchev–Trinajstić information content (AvgIpc) is 2.46. The number of phenolic OH excluding ortho intramolecular Hbond substituents is 1. The number of rotatable bonds is 1. The maximum absolute atomic E-state index is 9.16. The Kier molecular flexibility index (Phi) is 1.48. The molecule has 1 aromatic carbocycles. The van der Waals surface area contributed by atoms with E-state index < -0.39 is 0 Å². The zero-order valence-electron chi connectivity index (χ0n) is 6.32. The summed E-state index contributed by atoms with van der Waals surface area (Å²) in [6, 6.07) is 4.84. The number of phenols is 1. The summed E-state index contributed by atoms with van der Waals surface area (Å²) in [7, 11) is 0. The Morgan fingerprint density at radius 1 is 1.50 bits per heavy atom. The summed E-state index contributed by atoms with van der Waals surface area (Å²) in [5.41, 5.74) is 6.11. The molecule has 1 aromatic heterocycles. The van der Waals surface area contributed by atoms with E-state index in [-0.39, 0.29) is 5.75 Å². The lowest BCUT2D eigenvalue weighted by molar-refractivity contribution is 0.392. The van der Waals surface area contributed by atoms with Gasteiger partial charge in [-0.1, -0.05) is 5.16 Å². The summed E-state index contributed by atoms with van der Waals surface area (Å²) >= 11 is 0. The highest BCUT2D eigenvalue weighted by molar-refractivity contribution is 5.81. The van der Waals surface area contributed by atoms with Crippen molar-refractivity contribution >= 4 is 10.9 Å². The molecule has 0 amide bonds. The first-order valence-corrected chi connectivity index (χ1v) is 3.58. The molecule has 0 saturated carbocycles. The summed E-state index contributed by atoms with van der Waals surface area (Å²) in [4.78, 5) is 0. The van der Waals surface area contributed by atoms with E-state index in [0.717, 1.165) is 5.39 Å². The molecule has 0 bridgehead atoms. The summed E-state index contributed by atoms with van der Waals surface area (Å²) in [5.74, 6) is 0.793. The summed E-state index contributed by atoms with van der Waals surface area (Å²) < 4.78 is 4.93. The molecule has 0 fully saturated rings. The lowest BCUT2D eigenvalue weighted by Gasteiger charge is -1.90. The second-order valence-electron chi connectivity index (χ2n) is 2.51. The maximum atomic E-state index is 9.16. The van der Waals surface area contributed by atoms with E-state index >= 15 is 0 Å². The molecule has 0 aliphatic rings. The van der Waals surface area contributed by atoms with E-state index in [1.807, 2.05) is 0 Å². The Hall–Kier alpha value is -1.55. The molecule has 0 atom stereocenters. The van der Waals surface area contributed by atoms with Crippen LogP contribution in [-0.2, 0) is 6.54 Å². The smallest absolute Gasteiger partial charge is 0.158 e. The van der Waals surface area contributed by atoms with E-state index in [2.05, 4.69) is 5.16 Å². The van der Waals surface area contributed by atoms with E-state index in [0.29, 0.717) is 17.8 Å². The Bertz CT molecular complexity index is 408. The van der Waals surface area contributed by atoms with Crippen molar-refractivity contribution in [2.45, 2.75) is 6.54 Å². The fourth-order valence-corrected chi connectivity index (χ4v) is 1.13. The van der Waals surface area contributed by atoms with E-state index in [4.69, 9.17) is 15.4 Å². The maximum Gasteiger partial charge on any atom is 0.158 e. The van der Waals surface area contributed by atoms with Gasteiger partial charge in [-0.15, -0.1) is 0 Å². The predicted molar refractivity (Wildman–Crippen MR) is 43.6 cm³/mol. The van der Waals surface area contributed by atoms with Crippen LogP contribution in [0.15, 0.2) is 22.7 Å². The summed E-state index contributed by atoms with van der Waals surface area (Å²) in [6.45, 7) is 0.292. The van der Waals surface area contributed by atoms with Crippen molar-refractivity contribution in [2.75, 3.05) is 0 Å². The molecule has 0 aliphatic carbocycles. The molecule has 0 spiro atoms. The molecular formula is C8H8N2O2. The molecule has 12 heavy (non-hydrogen) atoms.